The molecule has 0 aliphatic carbocycles. The van der Waals surface area contributed by atoms with Gasteiger partial charge in [-0.2, -0.15) is 0 Å². The number of hydrogen-bond donors (Lipinski definition) is 0. The molecule has 104 valence electrons. The van der Waals surface area contributed by atoms with Crippen molar-refractivity contribution in [3.8, 4) is 0 Å². The monoisotopic (exact) mass is 279 g/mol. The van der Waals surface area contributed by atoms with Gasteiger partial charge in [0.05, 0.1) is 38.8 Å². The smallest absolute Gasteiger partial charge is 0.319 e. The summed E-state index contributed by atoms with van der Waals surface area (Å²) in [5.41, 5.74) is 0. The van der Waals surface area contributed by atoms with E-state index < -0.39 is 21.8 Å². The molecule has 0 N–H and O–H groups in total. The summed E-state index contributed by atoms with van der Waals surface area (Å²) in [6, 6.07) is -0.340. The standard InChI is InChI=1S/C10H17NO6S/c1-16-9(12)5-11(6-10(13)17-2)8-3-4-18(14,15)7-8/h8H,3-7H2,1-2H3. The van der Waals surface area contributed by atoms with Crippen molar-refractivity contribution >= 4 is 21.8 Å². The molecule has 1 fully saturated rings. The average Bonchev–Trinajstić information content (AvgIpc) is 2.68. The first-order valence-electron chi connectivity index (χ1n) is 5.46. The van der Waals surface area contributed by atoms with Crippen molar-refractivity contribution in [2.75, 3.05) is 38.8 Å². The van der Waals surface area contributed by atoms with Crippen LogP contribution in [-0.2, 0) is 28.9 Å². The zero-order valence-electron chi connectivity index (χ0n) is 10.4. The van der Waals surface area contributed by atoms with E-state index >= 15 is 0 Å². The second-order valence-corrected chi connectivity index (χ2v) is 6.34. The van der Waals surface area contributed by atoms with Crippen LogP contribution in [0.3, 0.4) is 0 Å². The number of esters is 2. The lowest BCUT2D eigenvalue weighted by Gasteiger charge is -2.25. The van der Waals surface area contributed by atoms with Gasteiger partial charge in [0, 0.05) is 6.04 Å². The lowest BCUT2D eigenvalue weighted by molar-refractivity contribution is -0.146. The maximum Gasteiger partial charge on any atom is 0.319 e. The van der Waals surface area contributed by atoms with E-state index in [4.69, 9.17) is 0 Å². The fourth-order valence-electron chi connectivity index (χ4n) is 1.84. The van der Waals surface area contributed by atoms with Crippen LogP contribution in [0.4, 0.5) is 0 Å². The van der Waals surface area contributed by atoms with Gasteiger partial charge in [0.25, 0.3) is 0 Å². The summed E-state index contributed by atoms with van der Waals surface area (Å²) in [5, 5.41) is 0. The summed E-state index contributed by atoms with van der Waals surface area (Å²) >= 11 is 0. The van der Waals surface area contributed by atoms with Crippen LogP contribution >= 0.6 is 0 Å². The third-order valence-corrected chi connectivity index (χ3v) is 4.59. The molecule has 1 rings (SSSR count). The predicted molar refractivity (Wildman–Crippen MR) is 62.7 cm³/mol. The van der Waals surface area contributed by atoms with Gasteiger partial charge in [-0.15, -0.1) is 0 Å². The number of carbonyl (C=O) groups excluding carboxylic acids is 2. The van der Waals surface area contributed by atoms with E-state index in [2.05, 4.69) is 9.47 Å². The molecular weight excluding hydrogens is 262 g/mol. The molecule has 0 radical (unpaired) electrons. The van der Waals surface area contributed by atoms with Gasteiger partial charge < -0.3 is 9.47 Å². The van der Waals surface area contributed by atoms with Gasteiger partial charge in [0.1, 0.15) is 0 Å². The van der Waals surface area contributed by atoms with E-state index in [1.807, 2.05) is 0 Å². The van der Waals surface area contributed by atoms with Crippen molar-refractivity contribution in [2.24, 2.45) is 0 Å². The molecule has 0 saturated carbocycles. The number of ether oxygens (including phenoxy) is 2. The molecule has 1 aliphatic heterocycles. The number of nitrogens with zero attached hydrogens (tertiary/aromatic N) is 1. The number of hydrogen-bond acceptors (Lipinski definition) is 7. The molecule has 0 aromatic carbocycles. The Balaban J connectivity index is 2.71. The first-order valence-corrected chi connectivity index (χ1v) is 7.28. The SMILES string of the molecule is COC(=O)CN(CC(=O)OC)C1CCS(=O)(=O)C1. The van der Waals surface area contributed by atoms with Gasteiger partial charge in [0.2, 0.25) is 0 Å². The Morgan fingerprint density at radius 2 is 1.67 bits per heavy atom. The Labute approximate surface area is 106 Å². The highest BCUT2D eigenvalue weighted by Gasteiger charge is 2.34. The first-order chi connectivity index (χ1) is 8.38. The van der Waals surface area contributed by atoms with E-state index in [9.17, 15) is 18.0 Å². The van der Waals surface area contributed by atoms with Crippen molar-refractivity contribution in [1.29, 1.82) is 0 Å². The fourth-order valence-corrected chi connectivity index (χ4v) is 3.60. The van der Waals surface area contributed by atoms with Crippen molar-refractivity contribution < 1.29 is 27.5 Å². The minimum absolute atomic E-state index is 0.0407. The summed E-state index contributed by atoms with van der Waals surface area (Å²) in [5.74, 6) is -0.983. The molecule has 1 unspecified atom stereocenters. The molecule has 1 heterocycles. The Kier molecular flexibility index (Phi) is 5.09. The molecule has 0 aromatic heterocycles. The summed E-state index contributed by atoms with van der Waals surface area (Å²) in [4.78, 5) is 24.0. The molecule has 1 atom stereocenters. The predicted octanol–water partition coefficient (Wildman–Crippen LogP) is -1.18. The summed E-state index contributed by atoms with van der Waals surface area (Å²) in [6.45, 7) is -0.239. The molecule has 0 bridgehead atoms. The maximum atomic E-state index is 11.4. The van der Waals surface area contributed by atoms with E-state index in [0.717, 1.165) is 0 Å². The number of methoxy groups -OCH3 is 2. The minimum Gasteiger partial charge on any atom is -0.468 e. The first kappa shape index (κ1) is 14.9. The zero-order chi connectivity index (χ0) is 13.8. The van der Waals surface area contributed by atoms with Crippen LogP contribution in [0.25, 0.3) is 0 Å². The largest absolute Gasteiger partial charge is 0.468 e. The highest BCUT2D eigenvalue weighted by molar-refractivity contribution is 7.91. The third-order valence-electron chi connectivity index (χ3n) is 2.84. The van der Waals surface area contributed by atoms with Crippen LogP contribution in [-0.4, -0.2) is 70.1 Å². The number of carbonyl (C=O) groups is 2. The normalized spacial score (nSPS) is 21.8. The van der Waals surface area contributed by atoms with Gasteiger partial charge in [-0.25, -0.2) is 8.42 Å². The molecule has 0 amide bonds. The molecule has 18 heavy (non-hydrogen) atoms. The highest BCUT2D eigenvalue weighted by Crippen LogP contribution is 2.17. The van der Waals surface area contributed by atoms with Crippen LogP contribution in [0.2, 0.25) is 0 Å². The second kappa shape index (κ2) is 6.14. The van der Waals surface area contributed by atoms with Crippen molar-refractivity contribution in [3.05, 3.63) is 0 Å². The Bertz CT molecular complexity index is 400. The molecule has 8 heteroatoms. The summed E-state index contributed by atoms with van der Waals surface area (Å²) in [7, 11) is -0.591. The van der Waals surface area contributed by atoms with E-state index in [0.29, 0.717) is 6.42 Å². The number of rotatable bonds is 5. The quantitative estimate of drug-likeness (QED) is 0.585. The molecular formula is C10H17NO6S. The average molecular weight is 279 g/mol. The van der Waals surface area contributed by atoms with Gasteiger partial charge in [-0.1, -0.05) is 0 Å². The van der Waals surface area contributed by atoms with Gasteiger partial charge in [-0.3, -0.25) is 14.5 Å². The Hall–Kier alpha value is -1.15. The Morgan fingerprint density at radius 1 is 1.17 bits per heavy atom. The molecule has 1 saturated heterocycles. The van der Waals surface area contributed by atoms with E-state index in [1.54, 1.807) is 0 Å². The molecule has 0 spiro atoms. The van der Waals surface area contributed by atoms with Crippen molar-refractivity contribution in [1.82, 2.24) is 4.90 Å². The maximum absolute atomic E-state index is 11.4. The third kappa shape index (κ3) is 4.26. The Morgan fingerprint density at radius 3 is 2.00 bits per heavy atom. The van der Waals surface area contributed by atoms with Gasteiger partial charge in [0.15, 0.2) is 9.84 Å². The lowest BCUT2D eigenvalue weighted by atomic mass is 10.2. The van der Waals surface area contributed by atoms with Crippen LogP contribution in [0.5, 0.6) is 0 Å². The molecule has 0 aromatic rings. The molecule has 1 aliphatic rings. The lowest BCUT2D eigenvalue weighted by Crippen LogP contribution is -2.43. The fraction of sp³-hybridized carbons (Fsp3) is 0.800. The van der Waals surface area contributed by atoms with Gasteiger partial charge >= 0.3 is 11.9 Å². The van der Waals surface area contributed by atoms with Crippen LogP contribution in [0.15, 0.2) is 0 Å². The van der Waals surface area contributed by atoms with Crippen LogP contribution in [0, 0.1) is 0 Å². The van der Waals surface area contributed by atoms with Gasteiger partial charge in [-0.05, 0) is 6.42 Å². The highest BCUT2D eigenvalue weighted by atomic mass is 32.2. The summed E-state index contributed by atoms with van der Waals surface area (Å²) < 4.78 is 31.8. The van der Waals surface area contributed by atoms with Crippen molar-refractivity contribution in [2.45, 2.75) is 12.5 Å². The van der Waals surface area contributed by atoms with E-state index in [1.165, 1.54) is 19.1 Å². The molecule has 7 nitrogen and oxygen atoms in total. The topological polar surface area (TPSA) is 90.0 Å². The second-order valence-electron chi connectivity index (χ2n) is 4.11. The summed E-state index contributed by atoms with van der Waals surface area (Å²) in [6.07, 6.45) is 0.413. The minimum atomic E-state index is -3.07. The van der Waals surface area contributed by atoms with E-state index in [-0.39, 0.29) is 30.6 Å². The van der Waals surface area contributed by atoms with Crippen LogP contribution in [0.1, 0.15) is 6.42 Å². The zero-order valence-corrected chi connectivity index (χ0v) is 11.2. The van der Waals surface area contributed by atoms with Crippen molar-refractivity contribution in [3.63, 3.8) is 0 Å². The number of sulfone groups is 1. The van der Waals surface area contributed by atoms with Crippen LogP contribution < -0.4 is 0 Å².